The quantitative estimate of drug-likeness (QED) is 0.197. The third kappa shape index (κ3) is 5.78. The lowest BCUT2D eigenvalue weighted by Crippen LogP contribution is -2.21. The molecule has 0 saturated carbocycles. The van der Waals surface area contributed by atoms with E-state index in [0.29, 0.717) is 28.9 Å². The molecule has 1 aromatic heterocycles. The van der Waals surface area contributed by atoms with Crippen LogP contribution >= 0.6 is 0 Å². The van der Waals surface area contributed by atoms with Gasteiger partial charge in [0.1, 0.15) is 5.58 Å². The number of carbonyl (C=O) groups is 1. The summed E-state index contributed by atoms with van der Waals surface area (Å²) in [6.07, 6.45) is 5.55. The third-order valence-corrected chi connectivity index (χ3v) is 5.76. The van der Waals surface area contributed by atoms with Crippen LogP contribution in [0.25, 0.3) is 22.1 Å². The van der Waals surface area contributed by atoms with Gasteiger partial charge in [0, 0.05) is 30.2 Å². The molecule has 0 N–H and O–H groups in total. The van der Waals surface area contributed by atoms with Gasteiger partial charge in [0.15, 0.2) is 0 Å². The predicted octanol–water partition coefficient (Wildman–Crippen LogP) is 6.43. The monoisotopic (exact) mass is 435 g/mol. The summed E-state index contributed by atoms with van der Waals surface area (Å²) < 4.78 is 11.0. The van der Waals surface area contributed by atoms with Gasteiger partial charge in [-0.2, -0.15) is 0 Å². The van der Waals surface area contributed by atoms with Crippen LogP contribution in [0.2, 0.25) is 0 Å². The number of hydrogen-bond donors (Lipinski definition) is 0. The zero-order valence-electron chi connectivity index (χ0n) is 19.4. The molecule has 32 heavy (non-hydrogen) atoms. The first kappa shape index (κ1) is 23.6. The van der Waals surface area contributed by atoms with Gasteiger partial charge in [-0.25, -0.2) is 9.59 Å². The number of nitrogens with zero attached hydrogens (tertiary/aromatic N) is 1. The normalized spacial score (nSPS) is 11.0. The maximum absolute atomic E-state index is 12.7. The summed E-state index contributed by atoms with van der Waals surface area (Å²) in [6, 6.07) is 14.7. The van der Waals surface area contributed by atoms with Crippen molar-refractivity contribution in [3.8, 4) is 11.1 Å². The first-order valence-corrected chi connectivity index (χ1v) is 11.7. The van der Waals surface area contributed by atoms with Crippen molar-refractivity contribution >= 4 is 22.6 Å². The fourth-order valence-corrected chi connectivity index (χ4v) is 3.83. The van der Waals surface area contributed by atoms with Crippen LogP contribution in [-0.2, 0) is 4.74 Å². The second-order valence-corrected chi connectivity index (χ2v) is 7.97. The predicted molar refractivity (Wildman–Crippen MR) is 131 cm³/mol. The van der Waals surface area contributed by atoms with Crippen LogP contribution < -0.4 is 10.5 Å². The van der Waals surface area contributed by atoms with Crippen LogP contribution in [0.4, 0.5) is 5.69 Å². The minimum atomic E-state index is -0.392. The molecule has 0 aliphatic heterocycles. The lowest BCUT2D eigenvalue weighted by molar-refractivity contribution is 0.0497. The number of fused-ring (bicyclic) bond motifs is 1. The van der Waals surface area contributed by atoms with Crippen molar-refractivity contribution < 1.29 is 13.9 Å². The molecule has 5 nitrogen and oxygen atoms in total. The lowest BCUT2D eigenvalue weighted by Gasteiger charge is -2.21. The molecule has 0 fully saturated rings. The van der Waals surface area contributed by atoms with Crippen LogP contribution in [-0.4, -0.2) is 25.7 Å². The molecule has 0 aliphatic carbocycles. The Bertz CT molecular complexity index is 1080. The Morgan fingerprint density at radius 1 is 0.906 bits per heavy atom. The molecule has 0 aliphatic rings. The van der Waals surface area contributed by atoms with E-state index in [-0.39, 0.29) is 5.97 Å². The second-order valence-electron chi connectivity index (χ2n) is 7.97. The molecule has 0 unspecified atom stereocenters. The average Bonchev–Trinajstić information content (AvgIpc) is 2.81. The number of unbranched alkanes of at least 4 members (excludes halogenated alkanes) is 4. The number of esters is 1. The van der Waals surface area contributed by atoms with Crippen molar-refractivity contribution in [3.05, 3.63) is 64.5 Å². The zero-order chi connectivity index (χ0) is 22.9. The highest BCUT2D eigenvalue weighted by molar-refractivity contribution is 5.90. The first-order valence-electron chi connectivity index (χ1n) is 11.7. The highest BCUT2D eigenvalue weighted by Crippen LogP contribution is 2.25. The van der Waals surface area contributed by atoms with Gasteiger partial charge < -0.3 is 14.1 Å². The molecule has 0 spiro atoms. The minimum Gasteiger partial charge on any atom is -0.462 e. The summed E-state index contributed by atoms with van der Waals surface area (Å²) >= 11 is 0. The fourth-order valence-electron chi connectivity index (χ4n) is 3.83. The van der Waals surface area contributed by atoms with Gasteiger partial charge >= 0.3 is 11.6 Å². The molecule has 0 radical (unpaired) electrons. The van der Waals surface area contributed by atoms with Gasteiger partial charge in [-0.15, -0.1) is 0 Å². The van der Waals surface area contributed by atoms with Gasteiger partial charge in [-0.05, 0) is 56.2 Å². The highest BCUT2D eigenvalue weighted by Gasteiger charge is 2.12. The van der Waals surface area contributed by atoms with E-state index in [2.05, 4.69) is 25.7 Å². The lowest BCUT2D eigenvalue weighted by atomic mass is 10.0. The number of benzene rings is 2. The number of rotatable bonds is 11. The van der Waals surface area contributed by atoms with Crippen molar-refractivity contribution in [2.45, 2.75) is 52.9 Å². The summed E-state index contributed by atoms with van der Waals surface area (Å²) in [5.41, 5.74) is 2.88. The average molecular weight is 436 g/mol. The van der Waals surface area contributed by atoms with E-state index in [9.17, 15) is 9.59 Å². The molecule has 2 aromatic carbocycles. The topological polar surface area (TPSA) is 59.8 Å². The Morgan fingerprint density at radius 2 is 1.62 bits per heavy atom. The Labute approximate surface area is 190 Å². The van der Waals surface area contributed by atoms with Crippen LogP contribution in [0, 0.1) is 0 Å². The van der Waals surface area contributed by atoms with Gasteiger partial charge in [-0.1, -0.05) is 44.7 Å². The van der Waals surface area contributed by atoms with Crippen molar-refractivity contribution in [3.63, 3.8) is 0 Å². The fraction of sp³-hybridized carbons (Fsp3) is 0.407. The van der Waals surface area contributed by atoms with E-state index in [4.69, 9.17) is 9.15 Å². The molecule has 1 heterocycles. The Kier molecular flexibility index (Phi) is 8.48. The van der Waals surface area contributed by atoms with Crippen LogP contribution in [0.5, 0.6) is 0 Å². The summed E-state index contributed by atoms with van der Waals surface area (Å²) in [5, 5.41) is 0.863. The summed E-state index contributed by atoms with van der Waals surface area (Å²) in [4.78, 5) is 27.1. The standard InChI is InChI=1S/C27H33NO4/c1-4-7-8-9-10-17-31-26(29)21-13-11-20(12-14-21)24-18-22-15-16-23(28(5-2)6-3)19-25(22)32-27(24)30/h11-16,18-19H,4-10,17H2,1-3H3. The molecular weight excluding hydrogens is 402 g/mol. The molecule has 0 bridgehead atoms. The molecule has 3 rings (SSSR count). The third-order valence-electron chi connectivity index (χ3n) is 5.76. The summed E-state index contributed by atoms with van der Waals surface area (Å²) in [6.45, 7) is 8.58. The molecule has 0 atom stereocenters. The molecule has 170 valence electrons. The van der Waals surface area contributed by atoms with E-state index < -0.39 is 5.63 Å². The number of carbonyl (C=O) groups excluding carboxylic acids is 1. The molecular formula is C27H33NO4. The van der Waals surface area contributed by atoms with Gasteiger partial charge in [-0.3, -0.25) is 0 Å². The summed E-state index contributed by atoms with van der Waals surface area (Å²) in [7, 11) is 0. The van der Waals surface area contributed by atoms with Gasteiger partial charge in [0.05, 0.1) is 17.7 Å². The van der Waals surface area contributed by atoms with Crippen molar-refractivity contribution in [2.75, 3.05) is 24.6 Å². The Hall–Kier alpha value is -3.08. The molecule has 5 heteroatoms. The van der Waals surface area contributed by atoms with E-state index in [1.54, 1.807) is 24.3 Å². The van der Waals surface area contributed by atoms with Crippen LogP contribution in [0.3, 0.4) is 0 Å². The van der Waals surface area contributed by atoms with E-state index >= 15 is 0 Å². The summed E-state index contributed by atoms with van der Waals surface area (Å²) in [5.74, 6) is -0.332. The maximum atomic E-state index is 12.7. The molecule has 0 saturated heterocycles. The maximum Gasteiger partial charge on any atom is 0.344 e. The molecule has 0 amide bonds. The van der Waals surface area contributed by atoms with Gasteiger partial charge in [0.25, 0.3) is 0 Å². The van der Waals surface area contributed by atoms with Gasteiger partial charge in [0.2, 0.25) is 0 Å². The first-order chi connectivity index (χ1) is 15.6. The SMILES string of the molecule is CCCCCCCOC(=O)c1ccc(-c2cc3ccc(N(CC)CC)cc3oc2=O)cc1. The highest BCUT2D eigenvalue weighted by atomic mass is 16.5. The van der Waals surface area contributed by atoms with Crippen molar-refractivity contribution in [1.29, 1.82) is 0 Å². The smallest absolute Gasteiger partial charge is 0.344 e. The number of anilines is 1. The zero-order valence-corrected chi connectivity index (χ0v) is 19.4. The van der Waals surface area contributed by atoms with E-state index in [1.807, 2.05) is 24.3 Å². The Morgan fingerprint density at radius 3 is 2.31 bits per heavy atom. The van der Waals surface area contributed by atoms with E-state index in [1.165, 1.54) is 19.3 Å². The van der Waals surface area contributed by atoms with Crippen molar-refractivity contribution in [2.24, 2.45) is 0 Å². The van der Waals surface area contributed by atoms with Crippen LogP contribution in [0.15, 0.2) is 57.7 Å². The van der Waals surface area contributed by atoms with Crippen LogP contribution in [0.1, 0.15) is 63.2 Å². The Balaban J connectivity index is 1.71. The number of hydrogen-bond acceptors (Lipinski definition) is 5. The number of ether oxygens (including phenoxy) is 1. The van der Waals surface area contributed by atoms with Crippen molar-refractivity contribution in [1.82, 2.24) is 0 Å². The largest absolute Gasteiger partial charge is 0.462 e. The minimum absolute atomic E-state index is 0.332. The van der Waals surface area contributed by atoms with E-state index in [0.717, 1.165) is 37.0 Å². The second kappa shape index (κ2) is 11.5. The molecule has 3 aromatic rings.